The summed E-state index contributed by atoms with van der Waals surface area (Å²) in [5, 5.41) is 12.7. The zero-order chi connectivity index (χ0) is 18.6. The van der Waals surface area contributed by atoms with E-state index in [4.69, 9.17) is 0 Å². The lowest BCUT2D eigenvalue weighted by Crippen LogP contribution is -2.46. The summed E-state index contributed by atoms with van der Waals surface area (Å²) in [6, 6.07) is 15.2. The van der Waals surface area contributed by atoms with Crippen LogP contribution in [0.3, 0.4) is 0 Å². The quantitative estimate of drug-likeness (QED) is 0.737. The van der Waals surface area contributed by atoms with Crippen LogP contribution in [0.4, 0.5) is 5.95 Å². The molecule has 4 rings (SSSR count). The smallest absolute Gasteiger partial charge is 0.335 e. The van der Waals surface area contributed by atoms with E-state index in [0.29, 0.717) is 17.3 Å². The summed E-state index contributed by atoms with van der Waals surface area (Å²) in [7, 11) is 0. The monoisotopic (exact) mass is 361 g/mol. The van der Waals surface area contributed by atoms with Crippen LogP contribution in [0.5, 0.6) is 0 Å². The Morgan fingerprint density at radius 1 is 1.07 bits per heavy atom. The van der Waals surface area contributed by atoms with E-state index in [0.717, 1.165) is 19.6 Å². The van der Waals surface area contributed by atoms with Crippen molar-refractivity contribution in [3.8, 4) is 11.4 Å². The fourth-order valence-electron chi connectivity index (χ4n) is 3.19. The first kappa shape index (κ1) is 17.1. The van der Waals surface area contributed by atoms with Crippen LogP contribution in [0.25, 0.3) is 11.4 Å². The molecule has 1 aliphatic heterocycles. The minimum Gasteiger partial charge on any atom is -0.478 e. The molecule has 1 fully saturated rings. The maximum absolute atomic E-state index is 11.2. The van der Waals surface area contributed by atoms with Crippen LogP contribution in [0.15, 0.2) is 60.9 Å². The molecule has 0 radical (unpaired) electrons. The number of carbonyl (C=O) groups is 1. The molecule has 1 aromatic carbocycles. The average molecular weight is 361 g/mol. The van der Waals surface area contributed by atoms with Gasteiger partial charge in [-0.15, -0.1) is 0 Å². The molecule has 0 bridgehead atoms. The molecule has 1 aliphatic rings. The summed E-state index contributed by atoms with van der Waals surface area (Å²) in [5.41, 5.74) is 2.55. The molecule has 0 unspecified atom stereocenters. The van der Waals surface area contributed by atoms with Crippen molar-refractivity contribution in [1.82, 2.24) is 20.3 Å². The maximum atomic E-state index is 11.2. The predicted octanol–water partition coefficient (Wildman–Crippen LogP) is 2.39. The third-order valence-corrected chi connectivity index (χ3v) is 4.57. The van der Waals surface area contributed by atoms with Crippen LogP contribution in [-0.2, 0) is 0 Å². The number of nitrogens with one attached hydrogen (secondary N) is 1. The van der Waals surface area contributed by atoms with Gasteiger partial charge >= 0.3 is 5.97 Å². The van der Waals surface area contributed by atoms with E-state index < -0.39 is 5.97 Å². The first-order valence-corrected chi connectivity index (χ1v) is 8.77. The number of benzene rings is 1. The van der Waals surface area contributed by atoms with E-state index >= 15 is 0 Å². The van der Waals surface area contributed by atoms with E-state index in [2.05, 4.69) is 37.3 Å². The van der Waals surface area contributed by atoms with Crippen molar-refractivity contribution in [2.45, 2.75) is 6.04 Å². The lowest BCUT2D eigenvalue weighted by Gasteiger charge is -2.34. The Morgan fingerprint density at radius 2 is 1.89 bits per heavy atom. The van der Waals surface area contributed by atoms with Crippen LogP contribution in [0, 0.1) is 0 Å². The van der Waals surface area contributed by atoms with E-state index in [9.17, 15) is 9.90 Å². The van der Waals surface area contributed by atoms with Crippen molar-refractivity contribution >= 4 is 11.9 Å². The van der Waals surface area contributed by atoms with E-state index in [1.54, 1.807) is 12.3 Å². The maximum Gasteiger partial charge on any atom is 0.335 e. The zero-order valence-electron chi connectivity index (χ0n) is 14.6. The molecule has 7 heteroatoms. The summed E-state index contributed by atoms with van der Waals surface area (Å²) < 4.78 is 0. The van der Waals surface area contributed by atoms with E-state index in [1.807, 2.05) is 18.2 Å². The van der Waals surface area contributed by atoms with E-state index in [-0.39, 0.29) is 11.6 Å². The largest absolute Gasteiger partial charge is 0.478 e. The third kappa shape index (κ3) is 3.78. The number of piperazine rings is 1. The third-order valence-electron chi connectivity index (χ3n) is 4.57. The van der Waals surface area contributed by atoms with Crippen LogP contribution < -0.4 is 10.2 Å². The highest BCUT2D eigenvalue weighted by molar-refractivity contribution is 5.88. The van der Waals surface area contributed by atoms with Crippen molar-refractivity contribution in [2.75, 3.05) is 24.5 Å². The Kier molecular flexibility index (Phi) is 4.76. The second kappa shape index (κ2) is 7.51. The molecule has 0 spiro atoms. The molecule has 1 saturated heterocycles. The molecular weight excluding hydrogens is 342 g/mol. The van der Waals surface area contributed by atoms with Crippen LogP contribution in [-0.4, -0.2) is 45.7 Å². The van der Waals surface area contributed by atoms with Crippen molar-refractivity contribution in [1.29, 1.82) is 0 Å². The second-order valence-corrected chi connectivity index (χ2v) is 6.34. The van der Waals surface area contributed by atoms with Crippen LogP contribution >= 0.6 is 0 Å². The topological polar surface area (TPSA) is 91.2 Å². The molecule has 27 heavy (non-hydrogen) atoms. The van der Waals surface area contributed by atoms with Gasteiger partial charge in [0.05, 0.1) is 17.0 Å². The molecule has 2 N–H and O–H groups in total. The molecular formula is C20H19N5O2. The first-order chi connectivity index (χ1) is 13.2. The Morgan fingerprint density at radius 3 is 2.70 bits per heavy atom. The molecule has 3 heterocycles. The molecule has 3 aromatic rings. The zero-order valence-corrected chi connectivity index (χ0v) is 14.6. The SMILES string of the molecule is O=C(O)c1ccnc(-c2ccnc(N3CCN[C@@H](c4ccccc4)C3)n2)c1. The van der Waals surface area contributed by atoms with Crippen LogP contribution in [0.2, 0.25) is 0 Å². The number of aromatic carboxylic acids is 1. The highest BCUT2D eigenvalue weighted by atomic mass is 16.4. The lowest BCUT2D eigenvalue weighted by molar-refractivity contribution is 0.0697. The number of pyridine rings is 1. The number of carboxylic acid groups (broad SMARTS) is 1. The van der Waals surface area contributed by atoms with Gasteiger partial charge < -0.3 is 15.3 Å². The number of rotatable bonds is 4. The van der Waals surface area contributed by atoms with Gasteiger partial charge in [0, 0.05) is 38.1 Å². The highest BCUT2D eigenvalue weighted by Crippen LogP contribution is 2.22. The number of anilines is 1. The number of hydrogen-bond acceptors (Lipinski definition) is 6. The summed E-state index contributed by atoms with van der Waals surface area (Å²) in [5.74, 6) is -0.363. The fraction of sp³-hybridized carbons (Fsp3) is 0.200. The Labute approximate surface area is 156 Å². The van der Waals surface area contributed by atoms with Gasteiger partial charge in [-0.25, -0.2) is 14.8 Å². The standard InChI is InChI=1S/C20H19N5O2/c26-19(27)15-6-8-21-17(12-15)16-7-9-23-20(24-16)25-11-10-22-18(13-25)14-4-2-1-3-5-14/h1-9,12,18,22H,10-11,13H2,(H,26,27)/t18-/m1/s1. The molecule has 7 nitrogen and oxygen atoms in total. The van der Waals surface area contributed by atoms with Gasteiger partial charge in [0.15, 0.2) is 0 Å². The summed E-state index contributed by atoms with van der Waals surface area (Å²) in [4.78, 5) is 26.6. The van der Waals surface area contributed by atoms with E-state index in [1.165, 1.54) is 23.9 Å². The first-order valence-electron chi connectivity index (χ1n) is 8.77. The Bertz CT molecular complexity index is 948. The Balaban J connectivity index is 1.59. The minimum atomic E-state index is -0.985. The minimum absolute atomic E-state index is 0.187. The summed E-state index contributed by atoms with van der Waals surface area (Å²) in [6.07, 6.45) is 3.17. The summed E-state index contributed by atoms with van der Waals surface area (Å²) >= 11 is 0. The van der Waals surface area contributed by atoms with Gasteiger partial charge in [0.2, 0.25) is 5.95 Å². The fourth-order valence-corrected chi connectivity index (χ4v) is 3.19. The normalized spacial score (nSPS) is 16.9. The average Bonchev–Trinajstić information content (AvgIpc) is 2.75. The van der Waals surface area contributed by atoms with Gasteiger partial charge in [-0.2, -0.15) is 0 Å². The van der Waals surface area contributed by atoms with Gasteiger partial charge in [0.1, 0.15) is 0 Å². The van der Waals surface area contributed by atoms with Crippen LogP contribution in [0.1, 0.15) is 22.0 Å². The molecule has 0 aliphatic carbocycles. The number of carboxylic acids is 1. The Hall–Kier alpha value is -3.32. The molecule has 0 amide bonds. The van der Waals surface area contributed by atoms with Gasteiger partial charge in [-0.1, -0.05) is 30.3 Å². The number of aromatic nitrogens is 3. The molecule has 0 saturated carbocycles. The highest BCUT2D eigenvalue weighted by Gasteiger charge is 2.22. The van der Waals surface area contributed by atoms with Crippen molar-refractivity contribution in [3.05, 3.63) is 72.1 Å². The second-order valence-electron chi connectivity index (χ2n) is 6.34. The van der Waals surface area contributed by atoms with Gasteiger partial charge in [-0.05, 0) is 23.8 Å². The predicted molar refractivity (Wildman–Crippen MR) is 102 cm³/mol. The van der Waals surface area contributed by atoms with Gasteiger partial charge in [-0.3, -0.25) is 4.98 Å². The van der Waals surface area contributed by atoms with Crippen molar-refractivity contribution in [2.24, 2.45) is 0 Å². The van der Waals surface area contributed by atoms with Crippen molar-refractivity contribution in [3.63, 3.8) is 0 Å². The molecule has 136 valence electrons. The summed E-state index contributed by atoms with van der Waals surface area (Å²) in [6.45, 7) is 2.39. The number of hydrogen-bond donors (Lipinski definition) is 2. The van der Waals surface area contributed by atoms with Gasteiger partial charge in [0.25, 0.3) is 0 Å². The molecule has 1 atom stereocenters. The lowest BCUT2D eigenvalue weighted by atomic mass is 10.0. The van der Waals surface area contributed by atoms with Crippen molar-refractivity contribution < 1.29 is 9.90 Å². The number of nitrogens with zero attached hydrogens (tertiary/aromatic N) is 4. The molecule has 2 aromatic heterocycles.